The summed E-state index contributed by atoms with van der Waals surface area (Å²) in [6, 6.07) is 6.78. The number of nitrogen functional groups attached to an aromatic ring is 1. The predicted molar refractivity (Wildman–Crippen MR) is 135 cm³/mol. The van der Waals surface area contributed by atoms with Crippen molar-refractivity contribution in [2.75, 3.05) is 44.5 Å². The number of piperidine rings is 1. The fraction of sp³-hybridized carbons (Fsp3) is 0.360. The number of benzene rings is 1. The van der Waals surface area contributed by atoms with Crippen LogP contribution in [0.4, 0.5) is 15.9 Å². The second-order valence-electron chi connectivity index (χ2n) is 9.17. The van der Waals surface area contributed by atoms with Gasteiger partial charge in [0.15, 0.2) is 23.0 Å². The molecular formula is C25H29FN8O2. The van der Waals surface area contributed by atoms with Crippen molar-refractivity contribution in [3.63, 3.8) is 0 Å². The van der Waals surface area contributed by atoms with Crippen LogP contribution in [0, 0.1) is 5.82 Å². The minimum absolute atomic E-state index is 0.184. The number of hydrogen-bond donors (Lipinski definition) is 2. The number of halogens is 1. The molecule has 1 aromatic carbocycles. The van der Waals surface area contributed by atoms with E-state index in [9.17, 15) is 4.39 Å². The minimum Gasteiger partial charge on any atom is -0.494 e. The van der Waals surface area contributed by atoms with Crippen LogP contribution in [0.15, 0.2) is 43.1 Å². The number of hydrogen-bond acceptors (Lipinski definition) is 9. The van der Waals surface area contributed by atoms with Crippen molar-refractivity contribution in [1.82, 2.24) is 24.5 Å². The van der Waals surface area contributed by atoms with Crippen molar-refractivity contribution in [3.05, 3.63) is 54.5 Å². The van der Waals surface area contributed by atoms with Gasteiger partial charge in [-0.25, -0.2) is 19.3 Å². The summed E-state index contributed by atoms with van der Waals surface area (Å²) in [7, 11) is 3.11. The molecule has 4 N–H and O–H groups in total. The topological polar surface area (TPSA) is 130 Å². The van der Waals surface area contributed by atoms with Gasteiger partial charge in [-0.2, -0.15) is 0 Å². The van der Waals surface area contributed by atoms with Crippen molar-refractivity contribution in [2.24, 2.45) is 5.73 Å². The molecule has 1 fully saturated rings. The molecular weight excluding hydrogens is 463 g/mol. The first kappa shape index (κ1) is 23.9. The molecule has 5 rings (SSSR count). The van der Waals surface area contributed by atoms with Gasteiger partial charge in [0.1, 0.15) is 11.8 Å². The summed E-state index contributed by atoms with van der Waals surface area (Å²) < 4.78 is 26.8. The molecule has 10 nitrogen and oxygen atoms in total. The second-order valence-corrected chi connectivity index (χ2v) is 9.17. The SMILES string of the molecule is COC[C@@]1(N)CCCN(c2cnc(-c3ccc(OC)c(F)c3)cc2Cn2cnc3c(N)ncnc32)C1. The van der Waals surface area contributed by atoms with E-state index in [1.807, 2.05) is 16.8 Å². The smallest absolute Gasteiger partial charge is 0.165 e. The monoisotopic (exact) mass is 492 g/mol. The average Bonchev–Trinajstić information content (AvgIpc) is 3.28. The van der Waals surface area contributed by atoms with E-state index in [0.717, 1.165) is 30.6 Å². The van der Waals surface area contributed by atoms with E-state index in [0.29, 0.717) is 47.9 Å². The third-order valence-corrected chi connectivity index (χ3v) is 6.56. The number of methoxy groups -OCH3 is 2. The molecule has 36 heavy (non-hydrogen) atoms. The van der Waals surface area contributed by atoms with Crippen LogP contribution in [0.5, 0.6) is 5.75 Å². The third kappa shape index (κ3) is 4.54. The maximum atomic E-state index is 14.5. The van der Waals surface area contributed by atoms with Crippen LogP contribution >= 0.6 is 0 Å². The fourth-order valence-electron chi connectivity index (χ4n) is 4.85. The van der Waals surface area contributed by atoms with Gasteiger partial charge in [0.05, 0.1) is 49.7 Å². The van der Waals surface area contributed by atoms with E-state index < -0.39 is 11.4 Å². The van der Waals surface area contributed by atoms with Gasteiger partial charge >= 0.3 is 0 Å². The average molecular weight is 493 g/mol. The molecule has 0 saturated carbocycles. The van der Waals surface area contributed by atoms with Crippen molar-refractivity contribution in [2.45, 2.75) is 24.9 Å². The van der Waals surface area contributed by atoms with E-state index in [1.165, 1.54) is 19.5 Å². The quantitative estimate of drug-likeness (QED) is 0.400. The number of pyridine rings is 1. The normalized spacial score (nSPS) is 18.1. The Bertz CT molecular complexity index is 1390. The lowest BCUT2D eigenvalue weighted by molar-refractivity contribution is 0.121. The first-order valence-corrected chi connectivity index (χ1v) is 11.7. The number of nitrogens with zero attached hydrogens (tertiary/aromatic N) is 6. The van der Waals surface area contributed by atoms with Gasteiger partial charge in [0.25, 0.3) is 0 Å². The Morgan fingerprint density at radius 2 is 2.00 bits per heavy atom. The maximum absolute atomic E-state index is 14.5. The van der Waals surface area contributed by atoms with E-state index in [1.54, 1.807) is 25.6 Å². The van der Waals surface area contributed by atoms with Gasteiger partial charge in [0.2, 0.25) is 0 Å². The van der Waals surface area contributed by atoms with E-state index in [2.05, 4.69) is 24.8 Å². The van der Waals surface area contributed by atoms with Crippen LogP contribution in [-0.4, -0.2) is 64.0 Å². The largest absolute Gasteiger partial charge is 0.494 e. The van der Waals surface area contributed by atoms with Crippen LogP contribution < -0.4 is 21.1 Å². The lowest BCUT2D eigenvalue weighted by Gasteiger charge is -2.41. The highest BCUT2D eigenvalue weighted by atomic mass is 19.1. The molecule has 1 saturated heterocycles. The molecule has 188 valence electrons. The summed E-state index contributed by atoms with van der Waals surface area (Å²) in [5.74, 6) is 0.0637. The Kier molecular flexibility index (Phi) is 6.42. The predicted octanol–water partition coefficient (Wildman–Crippen LogP) is 2.61. The van der Waals surface area contributed by atoms with Crippen molar-refractivity contribution in [1.29, 1.82) is 0 Å². The van der Waals surface area contributed by atoms with Gasteiger partial charge in [-0.15, -0.1) is 0 Å². The van der Waals surface area contributed by atoms with E-state index in [4.69, 9.17) is 20.9 Å². The molecule has 4 heterocycles. The molecule has 0 radical (unpaired) electrons. The van der Waals surface area contributed by atoms with Crippen LogP contribution in [0.3, 0.4) is 0 Å². The number of aromatic nitrogens is 5. The van der Waals surface area contributed by atoms with Crippen LogP contribution in [-0.2, 0) is 11.3 Å². The molecule has 0 spiro atoms. The van der Waals surface area contributed by atoms with Crippen molar-refractivity contribution < 1.29 is 13.9 Å². The number of ether oxygens (including phenoxy) is 2. The lowest BCUT2D eigenvalue weighted by Crippen LogP contribution is -2.57. The Labute approximate surface area is 208 Å². The molecule has 0 bridgehead atoms. The van der Waals surface area contributed by atoms with E-state index >= 15 is 0 Å². The molecule has 4 aromatic rings. The molecule has 0 unspecified atom stereocenters. The third-order valence-electron chi connectivity index (χ3n) is 6.56. The Morgan fingerprint density at radius 1 is 1.14 bits per heavy atom. The number of rotatable bonds is 7. The lowest BCUT2D eigenvalue weighted by atomic mass is 9.90. The molecule has 3 aromatic heterocycles. The zero-order chi connectivity index (χ0) is 25.3. The summed E-state index contributed by atoms with van der Waals surface area (Å²) >= 11 is 0. The Hall–Kier alpha value is -3.83. The summed E-state index contributed by atoms with van der Waals surface area (Å²) in [4.78, 5) is 19.7. The highest BCUT2D eigenvalue weighted by Crippen LogP contribution is 2.32. The van der Waals surface area contributed by atoms with Crippen LogP contribution in [0.1, 0.15) is 18.4 Å². The van der Waals surface area contributed by atoms with Gasteiger partial charge in [-0.1, -0.05) is 0 Å². The summed E-state index contributed by atoms with van der Waals surface area (Å²) in [6.45, 7) is 2.39. The summed E-state index contributed by atoms with van der Waals surface area (Å²) in [6.07, 6.45) is 6.76. The number of nitrogens with two attached hydrogens (primary N) is 2. The first-order valence-electron chi connectivity index (χ1n) is 11.7. The van der Waals surface area contributed by atoms with Gasteiger partial charge in [-0.05, 0) is 42.7 Å². The molecule has 11 heteroatoms. The maximum Gasteiger partial charge on any atom is 0.165 e. The molecule has 1 aliphatic rings. The summed E-state index contributed by atoms with van der Waals surface area (Å²) in [5.41, 5.74) is 16.6. The highest BCUT2D eigenvalue weighted by molar-refractivity contribution is 5.81. The standard InChI is InChI=1S/C25H29FN8O2/c1-35-13-25(28)6-3-7-33(12-25)20-10-29-19(16-4-5-21(36-2)18(26)8-16)9-17(20)11-34-15-32-22-23(27)30-14-31-24(22)34/h4-5,8-10,14-15H,3,6-7,11-13,28H2,1-2H3,(H2,27,30,31)/t25-/m1/s1. The highest BCUT2D eigenvalue weighted by Gasteiger charge is 2.33. The Balaban J connectivity index is 1.57. The minimum atomic E-state index is -0.453. The Morgan fingerprint density at radius 3 is 2.78 bits per heavy atom. The van der Waals surface area contributed by atoms with E-state index in [-0.39, 0.29) is 5.75 Å². The van der Waals surface area contributed by atoms with Crippen molar-refractivity contribution in [3.8, 4) is 17.0 Å². The zero-order valence-electron chi connectivity index (χ0n) is 20.3. The van der Waals surface area contributed by atoms with Gasteiger partial charge in [0, 0.05) is 25.8 Å². The summed E-state index contributed by atoms with van der Waals surface area (Å²) in [5, 5.41) is 0. The number of imidazole rings is 1. The van der Waals surface area contributed by atoms with Gasteiger partial charge in [-0.3, -0.25) is 4.98 Å². The van der Waals surface area contributed by atoms with Crippen molar-refractivity contribution >= 4 is 22.7 Å². The molecule has 1 atom stereocenters. The molecule has 0 aliphatic carbocycles. The number of fused-ring (bicyclic) bond motifs is 1. The first-order chi connectivity index (χ1) is 17.4. The van der Waals surface area contributed by atoms with Crippen LogP contribution in [0.25, 0.3) is 22.4 Å². The fourth-order valence-corrected chi connectivity index (χ4v) is 4.85. The van der Waals surface area contributed by atoms with Gasteiger partial charge < -0.3 is 30.4 Å². The molecule has 1 aliphatic heterocycles. The second kappa shape index (κ2) is 9.67. The molecule has 0 amide bonds. The number of anilines is 2. The zero-order valence-corrected chi connectivity index (χ0v) is 20.3. The van der Waals surface area contributed by atoms with Crippen LogP contribution in [0.2, 0.25) is 0 Å².